The van der Waals surface area contributed by atoms with Gasteiger partial charge >= 0.3 is 0 Å². The van der Waals surface area contributed by atoms with Gasteiger partial charge in [0.05, 0.1) is 11.2 Å². The van der Waals surface area contributed by atoms with E-state index in [1.54, 1.807) is 0 Å². The summed E-state index contributed by atoms with van der Waals surface area (Å²) >= 11 is 7.20. The van der Waals surface area contributed by atoms with Crippen LogP contribution in [0.5, 0.6) is 0 Å². The van der Waals surface area contributed by atoms with E-state index in [1.807, 2.05) is 0 Å². The quantitative estimate of drug-likeness (QED) is 0.783. The highest BCUT2D eigenvalue weighted by Gasteiger charge is 2.32. The Bertz CT molecular complexity index is 630. The Morgan fingerprint density at radius 2 is 1.86 bits per heavy atom. The smallest absolute Gasteiger partial charge is 0.0584 e. The van der Waals surface area contributed by atoms with Crippen LogP contribution in [0.2, 0.25) is 0 Å². The molecule has 1 atom stereocenters. The predicted octanol–water partition coefficient (Wildman–Crippen LogP) is 4.54. The lowest BCUT2D eigenvalue weighted by Gasteiger charge is -2.43. The largest absolute Gasteiger partial charge is 0.367 e. The molecule has 1 fully saturated rings. The van der Waals surface area contributed by atoms with Crippen molar-refractivity contribution in [1.82, 2.24) is 5.32 Å². The first-order chi connectivity index (χ1) is 10.1. The molecule has 1 aliphatic heterocycles. The van der Waals surface area contributed by atoms with Crippen LogP contribution in [0.15, 0.2) is 57.5 Å². The van der Waals surface area contributed by atoms with Crippen LogP contribution in [0.4, 0.5) is 5.69 Å². The van der Waals surface area contributed by atoms with Crippen LogP contribution in [-0.2, 0) is 5.54 Å². The number of halogens is 2. The average Bonchev–Trinajstić information content (AvgIpc) is 2.48. The zero-order chi connectivity index (χ0) is 14.9. The fourth-order valence-corrected chi connectivity index (χ4v) is 4.22. The van der Waals surface area contributed by atoms with Gasteiger partial charge in [-0.05, 0) is 46.6 Å². The second-order valence-corrected chi connectivity index (χ2v) is 7.41. The minimum absolute atomic E-state index is 0.0218. The maximum absolute atomic E-state index is 3.68. The van der Waals surface area contributed by atoms with E-state index in [4.69, 9.17) is 0 Å². The number of benzene rings is 2. The van der Waals surface area contributed by atoms with Crippen LogP contribution in [0, 0.1) is 0 Å². The molecule has 1 aliphatic rings. The first-order valence-electron chi connectivity index (χ1n) is 7.09. The lowest BCUT2D eigenvalue weighted by Crippen LogP contribution is -2.56. The van der Waals surface area contributed by atoms with Gasteiger partial charge in [0.1, 0.15) is 0 Å². The third-order valence-electron chi connectivity index (χ3n) is 4.07. The number of anilines is 1. The average molecular weight is 410 g/mol. The molecule has 3 rings (SSSR count). The molecule has 110 valence electrons. The molecule has 1 unspecified atom stereocenters. The summed E-state index contributed by atoms with van der Waals surface area (Å²) in [5.74, 6) is 0. The molecule has 0 saturated carbocycles. The van der Waals surface area contributed by atoms with Crippen molar-refractivity contribution in [3.8, 4) is 0 Å². The van der Waals surface area contributed by atoms with E-state index in [0.29, 0.717) is 0 Å². The van der Waals surface area contributed by atoms with E-state index in [0.717, 1.165) is 28.6 Å². The van der Waals surface area contributed by atoms with Gasteiger partial charge in [-0.2, -0.15) is 0 Å². The Morgan fingerprint density at radius 1 is 1.10 bits per heavy atom. The minimum Gasteiger partial charge on any atom is -0.367 e. The van der Waals surface area contributed by atoms with Gasteiger partial charge in [0.2, 0.25) is 0 Å². The highest BCUT2D eigenvalue weighted by molar-refractivity contribution is 9.11. The van der Waals surface area contributed by atoms with Crippen molar-refractivity contribution in [3.63, 3.8) is 0 Å². The maximum atomic E-state index is 3.68. The zero-order valence-corrected chi connectivity index (χ0v) is 15.1. The molecule has 0 spiro atoms. The van der Waals surface area contributed by atoms with E-state index < -0.39 is 0 Å². The van der Waals surface area contributed by atoms with Gasteiger partial charge in [-0.3, -0.25) is 0 Å². The molecule has 1 N–H and O–H groups in total. The Kier molecular flexibility index (Phi) is 4.38. The predicted molar refractivity (Wildman–Crippen MR) is 95.9 cm³/mol. The molecule has 0 amide bonds. The summed E-state index contributed by atoms with van der Waals surface area (Å²) in [4.78, 5) is 2.44. The third kappa shape index (κ3) is 3.17. The second kappa shape index (κ2) is 6.11. The zero-order valence-electron chi connectivity index (χ0n) is 11.9. The Labute approximate surface area is 142 Å². The van der Waals surface area contributed by atoms with E-state index in [9.17, 15) is 0 Å². The van der Waals surface area contributed by atoms with Crippen LogP contribution in [0.25, 0.3) is 0 Å². The van der Waals surface area contributed by atoms with Gasteiger partial charge in [0.15, 0.2) is 0 Å². The number of hydrogen-bond donors (Lipinski definition) is 1. The van der Waals surface area contributed by atoms with Crippen molar-refractivity contribution in [2.24, 2.45) is 0 Å². The summed E-state index contributed by atoms with van der Waals surface area (Å²) in [6, 6.07) is 17.1. The summed E-state index contributed by atoms with van der Waals surface area (Å²) in [6.45, 7) is 5.23. The summed E-state index contributed by atoms with van der Waals surface area (Å²) < 4.78 is 2.23. The van der Waals surface area contributed by atoms with Crippen molar-refractivity contribution in [2.75, 3.05) is 24.5 Å². The van der Waals surface area contributed by atoms with Gasteiger partial charge < -0.3 is 10.2 Å². The standard InChI is InChI=1S/C17H18Br2N2/c1-17(13-5-3-2-4-6-13)12-21(10-9-20-17)16-8-7-14(18)11-15(16)19/h2-8,11,20H,9-10,12H2,1H3. The Hall–Kier alpha value is -0.840. The van der Waals surface area contributed by atoms with Crippen molar-refractivity contribution >= 4 is 37.5 Å². The number of rotatable bonds is 2. The van der Waals surface area contributed by atoms with Gasteiger partial charge in [0, 0.05) is 28.6 Å². The molecule has 1 heterocycles. The molecule has 21 heavy (non-hydrogen) atoms. The molecule has 0 radical (unpaired) electrons. The molecule has 0 aromatic heterocycles. The number of piperazine rings is 1. The van der Waals surface area contributed by atoms with E-state index >= 15 is 0 Å². The van der Waals surface area contributed by atoms with Crippen LogP contribution in [0.1, 0.15) is 12.5 Å². The van der Waals surface area contributed by atoms with Crippen molar-refractivity contribution in [2.45, 2.75) is 12.5 Å². The van der Waals surface area contributed by atoms with Crippen molar-refractivity contribution < 1.29 is 0 Å². The first kappa shape index (κ1) is 15.1. The number of hydrogen-bond acceptors (Lipinski definition) is 2. The molecular weight excluding hydrogens is 392 g/mol. The van der Waals surface area contributed by atoms with Gasteiger partial charge in [-0.25, -0.2) is 0 Å². The molecule has 2 aromatic carbocycles. The number of nitrogens with zero attached hydrogens (tertiary/aromatic N) is 1. The van der Waals surface area contributed by atoms with Crippen LogP contribution >= 0.6 is 31.9 Å². The van der Waals surface area contributed by atoms with Crippen molar-refractivity contribution in [3.05, 3.63) is 63.0 Å². The van der Waals surface area contributed by atoms with Gasteiger partial charge in [0.25, 0.3) is 0 Å². The maximum Gasteiger partial charge on any atom is 0.0584 e. The lowest BCUT2D eigenvalue weighted by molar-refractivity contribution is 0.332. The Morgan fingerprint density at radius 3 is 2.57 bits per heavy atom. The topological polar surface area (TPSA) is 15.3 Å². The molecular formula is C17H18Br2N2. The SMILES string of the molecule is CC1(c2ccccc2)CN(c2ccc(Br)cc2Br)CCN1. The summed E-state index contributed by atoms with van der Waals surface area (Å²) in [7, 11) is 0. The molecule has 4 heteroatoms. The Balaban J connectivity index is 1.89. The molecule has 0 bridgehead atoms. The van der Waals surface area contributed by atoms with Crippen LogP contribution < -0.4 is 10.2 Å². The third-order valence-corrected chi connectivity index (χ3v) is 5.19. The summed E-state index contributed by atoms with van der Waals surface area (Å²) in [5, 5.41) is 3.68. The summed E-state index contributed by atoms with van der Waals surface area (Å²) in [6.07, 6.45) is 0. The second-order valence-electron chi connectivity index (χ2n) is 5.64. The van der Waals surface area contributed by atoms with E-state index in [1.165, 1.54) is 11.3 Å². The molecule has 2 aromatic rings. The summed E-state index contributed by atoms with van der Waals surface area (Å²) in [5.41, 5.74) is 2.57. The minimum atomic E-state index is -0.0218. The fraction of sp³-hybridized carbons (Fsp3) is 0.294. The van der Waals surface area contributed by atoms with Gasteiger partial charge in [-0.1, -0.05) is 46.3 Å². The van der Waals surface area contributed by atoms with Crippen LogP contribution in [0.3, 0.4) is 0 Å². The van der Waals surface area contributed by atoms with Crippen molar-refractivity contribution in [1.29, 1.82) is 0 Å². The first-order valence-corrected chi connectivity index (χ1v) is 8.68. The number of nitrogens with one attached hydrogen (secondary N) is 1. The fourth-order valence-electron chi connectivity index (χ4n) is 2.93. The van der Waals surface area contributed by atoms with E-state index in [-0.39, 0.29) is 5.54 Å². The monoisotopic (exact) mass is 408 g/mol. The van der Waals surface area contributed by atoms with Gasteiger partial charge in [-0.15, -0.1) is 0 Å². The molecule has 0 aliphatic carbocycles. The highest BCUT2D eigenvalue weighted by Crippen LogP contribution is 2.33. The molecule has 1 saturated heterocycles. The highest BCUT2D eigenvalue weighted by atomic mass is 79.9. The molecule has 2 nitrogen and oxygen atoms in total. The normalized spacial score (nSPS) is 22.3. The van der Waals surface area contributed by atoms with Crippen LogP contribution in [-0.4, -0.2) is 19.6 Å². The van der Waals surface area contributed by atoms with E-state index in [2.05, 4.69) is 97.5 Å². The lowest BCUT2D eigenvalue weighted by atomic mass is 9.89.